The van der Waals surface area contributed by atoms with Crippen LogP contribution in [-0.2, 0) is 9.53 Å². The Bertz CT molecular complexity index is 494. The van der Waals surface area contributed by atoms with Crippen molar-refractivity contribution in [3.05, 3.63) is 22.9 Å². The Morgan fingerprint density at radius 1 is 1.61 bits per heavy atom. The molecular formula is C13H17N2O2S+. The number of carbonyl (C=O) groups is 1. The van der Waals surface area contributed by atoms with Crippen molar-refractivity contribution in [3.8, 4) is 6.07 Å². The lowest BCUT2D eigenvalue weighted by Crippen LogP contribution is -2.21. The van der Waals surface area contributed by atoms with Gasteiger partial charge in [-0.05, 0) is 38.6 Å². The minimum atomic E-state index is -0.338. The summed E-state index contributed by atoms with van der Waals surface area (Å²) in [5.74, 6) is -0.266. The summed E-state index contributed by atoms with van der Waals surface area (Å²) in [6, 6.07) is 3.96. The summed E-state index contributed by atoms with van der Waals surface area (Å²) >= 11 is 1.31. The molecule has 96 valence electrons. The topological polar surface area (TPSA) is 64.2 Å². The Hall–Kier alpha value is -1.54. The van der Waals surface area contributed by atoms with Gasteiger partial charge in [0.25, 0.3) is 5.03 Å². The standard InChI is InChI=1S/C13H16N2O2S/c1-5-17-13(16)10(4)18-12-11(7-14)6-8(2)9(3)15-12/h6,10H,5H2,1-4H3/p+1. The number of nitrogens with one attached hydrogen (secondary N) is 1. The molecule has 0 fully saturated rings. The molecular weight excluding hydrogens is 248 g/mol. The molecule has 0 aliphatic carbocycles. The maximum absolute atomic E-state index is 11.6. The van der Waals surface area contributed by atoms with Crippen molar-refractivity contribution in [3.63, 3.8) is 0 Å². The first-order chi connectivity index (χ1) is 8.49. The smallest absolute Gasteiger partial charge is 0.319 e. The summed E-state index contributed by atoms with van der Waals surface area (Å²) in [6.45, 7) is 7.79. The van der Waals surface area contributed by atoms with Gasteiger partial charge in [0.15, 0.2) is 5.69 Å². The SMILES string of the molecule is CCOC(=O)C(C)Sc1[nH+]c(C)c(C)cc1C#N. The number of pyridine rings is 1. The van der Waals surface area contributed by atoms with E-state index < -0.39 is 0 Å². The van der Waals surface area contributed by atoms with E-state index in [4.69, 9.17) is 10.00 Å². The van der Waals surface area contributed by atoms with Crippen LogP contribution in [-0.4, -0.2) is 17.8 Å². The maximum Gasteiger partial charge on any atom is 0.319 e. The lowest BCUT2D eigenvalue weighted by molar-refractivity contribution is -0.436. The number of aryl methyl sites for hydroxylation is 2. The number of nitrogens with zero attached hydrogens (tertiary/aromatic N) is 1. The molecule has 0 aliphatic rings. The molecule has 0 amide bonds. The number of hydrogen-bond donors (Lipinski definition) is 0. The molecule has 0 spiro atoms. The average molecular weight is 265 g/mol. The zero-order chi connectivity index (χ0) is 13.7. The van der Waals surface area contributed by atoms with E-state index in [1.54, 1.807) is 13.8 Å². The second kappa shape index (κ2) is 6.41. The van der Waals surface area contributed by atoms with Gasteiger partial charge in [-0.1, -0.05) is 0 Å². The molecule has 0 aliphatic heterocycles. The van der Waals surface area contributed by atoms with Crippen molar-refractivity contribution in [1.29, 1.82) is 5.26 Å². The summed E-state index contributed by atoms with van der Waals surface area (Å²) in [5, 5.41) is 9.46. The van der Waals surface area contributed by atoms with Crippen molar-refractivity contribution in [2.45, 2.75) is 38.0 Å². The third kappa shape index (κ3) is 3.47. The van der Waals surface area contributed by atoms with Gasteiger partial charge in [0.05, 0.1) is 6.61 Å². The van der Waals surface area contributed by atoms with Crippen molar-refractivity contribution in [1.82, 2.24) is 0 Å². The largest absolute Gasteiger partial charge is 0.465 e. The molecule has 0 saturated heterocycles. The van der Waals surface area contributed by atoms with E-state index in [2.05, 4.69) is 11.1 Å². The van der Waals surface area contributed by atoms with Gasteiger partial charge < -0.3 is 4.74 Å². The minimum Gasteiger partial charge on any atom is -0.465 e. The molecule has 5 heteroatoms. The summed E-state index contributed by atoms with van der Waals surface area (Å²) in [7, 11) is 0. The fraction of sp³-hybridized carbons (Fsp3) is 0.462. The molecule has 1 unspecified atom stereocenters. The first-order valence-electron chi connectivity index (χ1n) is 5.76. The van der Waals surface area contributed by atoms with Gasteiger partial charge in [0.2, 0.25) is 0 Å². The molecule has 18 heavy (non-hydrogen) atoms. The zero-order valence-electron chi connectivity index (χ0n) is 11.0. The van der Waals surface area contributed by atoms with Crippen LogP contribution >= 0.6 is 11.8 Å². The van der Waals surface area contributed by atoms with E-state index in [1.807, 2.05) is 19.9 Å². The van der Waals surface area contributed by atoms with Crippen LogP contribution < -0.4 is 4.98 Å². The highest BCUT2D eigenvalue weighted by Crippen LogP contribution is 2.24. The van der Waals surface area contributed by atoms with Gasteiger partial charge in [0.1, 0.15) is 16.9 Å². The zero-order valence-corrected chi connectivity index (χ0v) is 11.9. The molecule has 1 rings (SSSR count). The van der Waals surface area contributed by atoms with Gasteiger partial charge in [-0.15, -0.1) is 0 Å². The van der Waals surface area contributed by atoms with E-state index in [1.165, 1.54) is 11.8 Å². The highest BCUT2D eigenvalue weighted by molar-refractivity contribution is 8.00. The number of nitriles is 1. The molecule has 0 bridgehead atoms. The van der Waals surface area contributed by atoms with E-state index in [0.29, 0.717) is 17.2 Å². The fourth-order valence-corrected chi connectivity index (χ4v) is 2.35. The number of rotatable bonds is 4. The van der Waals surface area contributed by atoms with Gasteiger partial charge in [-0.2, -0.15) is 5.26 Å². The van der Waals surface area contributed by atoms with Crippen LogP contribution in [0.4, 0.5) is 0 Å². The molecule has 1 N–H and O–H groups in total. The Morgan fingerprint density at radius 2 is 2.28 bits per heavy atom. The number of hydrogen-bond acceptors (Lipinski definition) is 4. The molecule has 1 atom stereocenters. The second-order valence-corrected chi connectivity index (χ2v) is 5.30. The van der Waals surface area contributed by atoms with E-state index >= 15 is 0 Å². The number of H-pyrrole nitrogens is 1. The first kappa shape index (κ1) is 14.5. The van der Waals surface area contributed by atoms with Gasteiger partial charge in [-0.3, -0.25) is 4.79 Å². The molecule has 0 aromatic carbocycles. The van der Waals surface area contributed by atoms with Crippen LogP contribution in [0.2, 0.25) is 0 Å². The summed E-state index contributed by atoms with van der Waals surface area (Å²) in [6.07, 6.45) is 0. The van der Waals surface area contributed by atoms with Crippen LogP contribution in [0.25, 0.3) is 0 Å². The Balaban J connectivity index is 2.94. The first-order valence-corrected chi connectivity index (χ1v) is 6.64. The number of aromatic nitrogens is 1. The van der Waals surface area contributed by atoms with Crippen molar-refractivity contribution in [2.75, 3.05) is 6.61 Å². The van der Waals surface area contributed by atoms with Crippen LogP contribution in [0, 0.1) is 25.2 Å². The van der Waals surface area contributed by atoms with Crippen molar-refractivity contribution < 1.29 is 14.5 Å². The highest BCUT2D eigenvalue weighted by atomic mass is 32.2. The number of aromatic amines is 1. The molecule has 1 aromatic rings. The van der Waals surface area contributed by atoms with Crippen LogP contribution in [0.1, 0.15) is 30.7 Å². The van der Waals surface area contributed by atoms with Gasteiger partial charge in [0, 0.05) is 12.5 Å². The van der Waals surface area contributed by atoms with Crippen molar-refractivity contribution >= 4 is 17.7 Å². The lowest BCUT2D eigenvalue weighted by Gasteiger charge is -2.08. The summed E-state index contributed by atoms with van der Waals surface area (Å²) < 4.78 is 4.95. The predicted octanol–water partition coefficient (Wildman–Crippen LogP) is 2.03. The third-order valence-corrected chi connectivity index (χ3v) is 3.64. The fourth-order valence-electron chi connectivity index (χ4n) is 1.39. The molecule has 4 nitrogen and oxygen atoms in total. The second-order valence-electron chi connectivity index (χ2n) is 3.94. The lowest BCUT2D eigenvalue weighted by atomic mass is 10.2. The Labute approximate surface area is 111 Å². The minimum absolute atomic E-state index is 0.266. The number of ether oxygens (including phenoxy) is 1. The van der Waals surface area contributed by atoms with E-state index in [9.17, 15) is 4.79 Å². The van der Waals surface area contributed by atoms with Crippen LogP contribution in [0.15, 0.2) is 11.1 Å². The monoisotopic (exact) mass is 265 g/mol. The Morgan fingerprint density at radius 3 is 2.83 bits per heavy atom. The third-order valence-electron chi connectivity index (χ3n) is 2.53. The van der Waals surface area contributed by atoms with Crippen LogP contribution in [0.5, 0.6) is 0 Å². The summed E-state index contributed by atoms with van der Waals surface area (Å²) in [4.78, 5) is 14.7. The summed E-state index contributed by atoms with van der Waals surface area (Å²) in [5.41, 5.74) is 2.58. The molecule has 1 aromatic heterocycles. The Kier molecular flexibility index (Phi) is 5.17. The molecule has 1 heterocycles. The maximum atomic E-state index is 11.6. The average Bonchev–Trinajstić information content (AvgIpc) is 2.33. The van der Waals surface area contributed by atoms with Gasteiger partial charge in [-0.25, -0.2) is 4.98 Å². The number of esters is 1. The molecule has 0 saturated carbocycles. The predicted molar refractivity (Wildman–Crippen MR) is 69.1 cm³/mol. The van der Waals surface area contributed by atoms with Crippen LogP contribution in [0.3, 0.4) is 0 Å². The normalized spacial score (nSPS) is 11.7. The van der Waals surface area contributed by atoms with Gasteiger partial charge >= 0.3 is 5.97 Å². The van der Waals surface area contributed by atoms with Crippen molar-refractivity contribution in [2.24, 2.45) is 0 Å². The highest BCUT2D eigenvalue weighted by Gasteiger charge is 2.22. The number of carbonyl (C=O) groups excluding carboxylic acids is 1. The molecule has 0 radical (unpaired) electrons. The quantitative estimate of drug-likeness (QED) is 0.617. The van der Waals surface area contributed by atoms with E-state index in [-0.39, 0.29) is 11.2 Å². The van der Waals surface area contributed by atoms with E-state index in [0.717, 1.165) is 11.3 Å². The number of thioether (sulfide) groups is 1.